The Labute approximate surface area is 140 Å². The van der Waals surface area contributed by atoms with Gasteiger partial charge in [-0.15, -0.1) is 0 Å². The van der Waals surface area contributed by atoms with Crippen molar-refractivity contribution in [3.05, 3.63) is 57.0 Å². The van der Waals surface area contributed by atoms with Gasteiger partial charge in [-0.05, 0) is 12.5 Å². The topological polar surface area (TPSA) is 58.2 Å². The summed E-state index contributed by atoms with van der Waals surface area (Å²) in [4.78, 5) is 21.8. The molecule has 24 heavy (non-hydrogen) atoms. The van der Waals surface area contributed by atoms with Crippen molar-refractivity contribution in [3.8, 4) is 5.75 Å². The first-order chi connectivity index (χ1) is 11.6. The van der Waals surface area contributed by atoms with E-state index in [-0.39, 0.29) is 11.4 Å². The SMILES string of the molecule is CCCc1nc2c(c(=O)[nH]1)CN(Cc1ccc(OC)cc1F)CC2. The van der Waals surface area contributed by atoms with Crippen molar-refractivity contribution in [2.75, 3.05) is 13.7 Å². The summed E-state index contributed by atoms with van der Waals surface area (Å²) in [7, 11) is 1.52. The minimum atomic E-state index is -0.287. The third-order valence-corrected chi connectivity index (χ3v) is 4.34. The second-order valence-electron chi connectivity index (χ2n) is 6.11. The van der Waals surface area contributed by atoms with Gasteiger partial charge in [0.05, 0.1) is 18.4 Å². The number of fused-ring (bicyclic) bond motifs is 1. The molecular formula is C18H22FN3O2. The first-order valence-electron chi connectivity index (χ1n) is 8.26. The number of methoxy groups -OCH3 is 1. The van der Waals surface area contributed by atoms with Gasteiger partial charge in [-0.25, -0.2) is 9.37 Å². The molecule has 1 aromatic heterocycles. The third kappa shape index (κ3) is 3.48. The van der Waals surface area contributed by atoms with Crippen molar-refractivity contribution in [3.63, 3.8) is 0 Å². The highest BCUT2D eigenvalue weighted by Gasteiger charge is 2.22. The van der Waals surface area contributed by atoms with Crippen LogP contribution in [-0.4, -0.2) is 28.5 Å². The van der Waals surface area contributed by atoms with E-state index in [0.29, 0.717) is 36.4 Å². The lowest BCUT2D eigenvalue weighted by Gasteiger charge is -2.27. The van der Waals surface area contributed by atoms with Crippen LogP contribution in [0.15, 0.2) is 23.0 Å². The van der Waals surface area contributed by atoms with Crippen molar-refractivity contribution in [1.82, 2.24) is 14.9 Å². The number of rotatable bonds is 5. The van der Waals surface area contributed by atoms with Crippen LogP contribution in [-0.2, 0) is 25.9 Å². The maximum absolute atomic E-state index is 14.1. The number of ether oxygens (including phenoxy) is 1. The molecule has 1 aromatic carbocycles. The van der Waals surface area contributed by atoms with Crippen LogP contribution in [0.2, 0.25) is 0 Å². The molecule has 1 aliphatic heterocycles. The molecule has 0 radical (unpaired) electrons. The minimum absolute atomic E-state index is 0.0663. The maximum atomic E-state index is 14.1. The summed E-state index contributed by atoms with van der Waals surface area (Å²) in [6.07, 6.45) is 2.45. The van der Waals surface area contributed by atoms with Crippen LogP contribution in [0.25, 0.3) is 0 Å². The summed E-state index contributed by atoms with van der Waals surface area (Å²) >= 11 is 0. The second kappa shape index (κ2) is 7.13. The first kappa shape index (κ1) is 16.6. The van der Waals surface area contributed by atoms with Crippen LogP contribution in [0.1, 0.15) is 36.0 Å². The number of aromatic nitrogens is 2. The lowest BCUT2D eigenvalue weighted by atomic mass is 10.1. The Bertz CT molecular complexity index is 788. The fraction of sp³-hybridized carbons (Fsp3) is 0.444. The Kier molecular flexibility index (Phi) is 4.94. The molecule has 0 atom stereocenters. The summed E-state index contributed by atoms with van der Waals surface area (Å²) in [5.41, 5.74) is 2.12. The zero-order valence-electron chi connectivity index (χ0n) is 14.1. The van der Waals surface area contributed by atoms with Crippen LogP contribution in [0.3, 0.4) is 0 Å². The second-order valence-corrected chi connectivity index (χ2v) is 6.11. The summed E-state index contributed by atoms with van der Waals surface area (Å²) in [6, 6.07) is 4.87. The molecule has 0 amide bonds. The molecule has 1 N–H and O–H groups in total. The van der Waals surface area contributed by atoms with E-state index in [0.717, 1.165) is 30.9 Å². The monoisotopic (exact) mass is 331 g/mol. The molecule has 0 bridgehead atoms. The van der Waals surface area contributed by atoms with Gasteiger partial charge in [0.1, 0.15) is 17.4 Å². The number of nitrogens with zero attached hydrogens (tertiary/aromatic N) is 2. The van der Waals surface area contributed by atoms with E-state index >= 15 is 0 Å². The van der Waals surface area contributed by atoms with E-state index < -0.39 is 0 Å². The summed E-state index contributed by atoms with van der Waals surface area (Å²) < 4.78 is 19.1. The van der Waals surface area contributed by atoms with Crippen molar-refractivity contribution >= 4 is 0 Å². The highest BCUT2D eigenvalue weighted by atomic mass is 19.1. The maximum Gasteiger partial charge on any atom is 0.255 e. The van der Waals surface area contributed by atoms with Crippen molar-refractivity contribution < 1.29 is 9.13 Å². The van der Waals surface area contributed by atoms with Gasteiger partial charge < -0.3 is 9.72 Å². The van der Waals surface area contributed by atoms with E-state index in [9.17, 15) is 9.18 Å². The van der Waals surface area contributed by atoms with Crippen LogP contribution in [0.5, 0.6) is 5.75 Å². The largest absolute Gasteiger partial charge is 0.497 e. The van der Waals surface area contributed by atoms with Crippen LogP contribution in [0, 0.1) is 5.82 Å². The Morgan fingerprint density at radius 1 is 1.42 bits per heavy atom. The number of aromatic amines is 1. The van der Waals surface area contributed by atoms with Crippen LogP contribution in [0.4, 0.5) is 4.39 Å². The Morgan fingerprint density at radius 2 is 2.25 bits per heavy atom. The van der Waals surface area contributed by atoms with E-state index in [2.05, 4.69) is 21.8 Å². The Morgan fingerprint density at radius 3 is 2.96 bits per heavy atom. The molecule has 0 saturated carbocycles. The molecule has 1 aliphatic rings. The minimum Gasteiger partial charge on any atom is -0.497 e. The molecule has 0 saturated heterocycles. The van der Waals surface area contributed by atoms with Gasteiger partial charge in [-0.1, -0.05) is 13.0 Å². The van der Waals surface area contributed by atoms with Crippen molar-refractivity contribution in [2.24, 2.45) is 0 Å². The molecule has 3 rings (SSSR count). The molecule has 5 nitrogen and oxygen atoms in total. The number of hydrogen-bond donors (Lipinski definition) is 1. The molecule has 0 spiro atoms. The predicted octanol–water partition coefficient (Wildman–Crippen LogP) is 2.43. The average molecular weight is 331 g/mol. The Balaban J connectivity index is 1.77. The average Bonchev–Trinajstić information content (AvgIpc) is 2.57. The van der Waals surface area contributed by atoms with Gasteiger partial charge in [0.2, 0.25) is 0 Å². The molecule has 0 unspecified atom stereocenters. The quantitative estimate of drug-likeness (QED) is 0.914. The fourth-order valence-electron chi connectivity index (χ4n) is 3.05. The van der Waals surface area contributed by atoms with Crippen molar-refractivity contribution in [2.45, 2.75) is 39.3 Å². The smallest absolute Gasteiger partial charge is 0.255 e. The molecule has 0 fully saturated rings. The van der Waals surface area contributed by atoms with Gasteiger partial charge >= 0.3 is 0 Å². The van der Waals surface area contributed by atoms with E-state index in [4.69, 9.17) is 4.74 Å². The van der Waals surface area contributed by atoms with Crippen LogP contribution >= 0.6 is 0 Å². The number of aryl methyl sites for hydroxylation is 1. The standard InChI is InChI=1S/C18H22FN3O2/c1-3-4-17-20-16-7-8-22(11-14(16)18(23)21-17)10-12-5-6-13(24-2)9-15(12)19/h5-6,9H,3-4,7-8,10-11H2,1-2H3,(H,20,21,23). The van der Waals surface area contributed by atoms with Crippen LogP contribution < -0.4 is 10.3 Å². The molecule has 2 aromatic rings. The lowest BCUT2D eigenvalue weighted by molar-refractivity contribution is 0.238. The first-order valence-corrected chi connectivity index (χ1v) is 8.26. The number of halogens is 1. The zero-order chi connectivity index (χ0) is 17.1. The Hall–Kier alpha value is -2.21. The number of benzene rings is 1. The van der Waals surface area contributed by atoms with Gasteiger partial charge in [0, 0.05) is 44.1 Å². The van der Waals surface area contributed by atoms with Gasteiger partial charge in [0.25, 0.3) is 5.56 Å². The third-order valence-electron chi connectivity index (χ3n) is 4.34. The predicted molar refractivity (Wildman–Crippen MR) is 89.6 cm³/mol. The normalized spacial score (nSPS) is 14.5. The number of nitrogens with one attached hydrogen (secondary N) is 1. The number of hydrogen-bond acceptors (Lipinski definition) is 4. The summed E-state index contributed by atoms with van der Waals surface area (Å²) in [5, 5.41) is 0. The highest BCUT2D eigenvalue weighted by Crippen LogP contribution is 2.21. The van der Waals surface area contributed by atoms with Gasteiger partial charge in [0.15, 0.2) is 0 Å². The molecule has 128 valence electrons. The zero-order valence-corrected chi connectivity index (χ0v) is 14.1. The fourth-order valence-corrected chi connectivity index (χ4v) is 3.05. The molecule has 2 heterocycles. The number of H-pyrrole nitrogens is 1. The highest BCUT2D eigenvalue weighted by molar-refractivity contribution is 5.29. The lowest BCUT2D eigenvalue weighted by Crippen LogP contribution is -2.36. The summed E-state index contributed by atoms with van der Waals surface area (Å²) in [5.74, 6) is 0.978. The van der Waals surface area contributed by atoms with E-state index in [1.165, 1.54) is 13.2 Å². The summed E-state index contributed by atoms with van der Waals surface area (Å²) in [6.45, 7) is 3.78. The van der Waals surface area contributed by atoms with Crippen molar-refractivity contribution in [1.29, 1.82) is 0 Å². The van der Waals surface area contributed by atoms with Gasteiger partial charge in [-0.3, -0.25) is 9.69 Å². The molecular weight excluding hydrogens is 309 g/mol. The van der Waals surface area contributed by atoms with E-state index in [1.54, 1.807) is 12.1 Å². The molecule has 0 aliphatic carbocycles. The molecule has 6 heteroatoms. The van der Waals surface area contributed by atoms with E-state index in [1.807, 2.05) is 0 Å². The van der Waals surface area contributed by atoms with Gasteiger partial charge in [-0.2, -0.15) is 0 Å².